The van der Waals surface area contributed by atoms with Crippen LogP contribution in [0, 0.1) is 0 Å². The topological polar surface area (TPSA) is 64.7 Å². The van der Waals surface area contributed by atoms with Gasteiger partial charge in [-0.05, 0) is 22.4 Å². The van der Waals surface area contributed by atoms with Crippen molar-refractivity contribution in [2.24, 2.45) is 0 Å². The highest BCUT2D eigenvalue weighted by molar-refractivity contribution is 9.10. The molecule has 0 bridgehead atoms. The fraction of sp³-hybridized carbons (Fsp3) is 0.222. The van der Waals surface area contributed by atoms with Crippen molar-refractivity contribution in [3.63, 3.8) is 0 Å². The summed E-state index contributed by atoms with van der Waals surface area (Å²) in [6.07, 6.45) is 2.31. The van der Waals surface area contributed by atoms with E-state index < -0.39 is 0 Å². The molecule has 6 heteroatoms. The normalized spacial score (nSPS) is 10.9. The minimum absolute atomic E-state index is 0.343. The maximum Gasteiger partial charge on any atom is 0.156 e. The lowest BCUT2D eigenvalue weighted by atomic mass is 10.3. The van der Waals surface area contributed by atoms with Crippen LogP contribution in [0.25, 0.3) is 11.0 Å². The number of rotatable bonds is 1. The third kappa shape index (κ3) is 1.77. The lowest BCUT2D eigenvalue weighted by Gasteiger charge is -2.05. The van der Waals surface area contributed by atoms with Crippen molar-refractivity contribution in [3.8, 4) is 0 Å². The molecule has 0 aliphatic heterocycles. The van der Waals surface area contributed by atoms with Crippen LogP contribution in [0.5, 0.6) is 0 Å². The Morgan fingerprint density at radius 2 is 2.13 bits per heavy atom. The molecule has 2 aromatic rings. The molecular formula is C9H8BrClN4. The largest absolute Gasteiger partial charge is 0.382 e. The van der Waals surface area contributed by atoms with Gasteiger partial charge < -0.3 is 5.73 Å². The van der Waals surface area contributed by atoms with Crippen molar-refractivity contribution in [1.82, 2.24) is 15.0 Å². The second kappa shape index (κ2) is 3.90. The first-order valence-electron chi connectivity index (χ1n) is 4.39. The molecule has 78 valence electrons. The Morgan fingerprint density at radius 1 is 1.40 bits per heavy atom. The third-order valence-corrected chi connectivity index (χ3v) is 2.90. The van der Waals surface area contributed by atoms with Crippen LogP contribution >= 0.6 is 27.5 Å². The molecule has 2 heterocycles. The smallest absolute Gasteiger partial charge is 0.156 e. The molecule has 0 aliphatic carbocycles. The molecule has 0 fully saturated rings. The molecule has 0 saturated heterocycles. The number of aromatic nitrogens is 3. The predicted molar refractivity (Wildman–Crippen MR) is 63.8 cm³/mol. The molecular weight excluding hydrogens is 279 g/mol. The molecule has 0 amide bonds. The quantitative estimate of drug-likeness (QED) is 0.819. The summed E-state index contributed by atoms with van der Waals surface area (Å²) >= 11 is 9.27. The van der Waals surface area contributed by atoms with Gasteiger partial charge in [0, 0.05) is 6.20 Å². The average Bonchev–Trinajstić information content (AvgIpc) is 2.23. The SMILES string of the molecule is CCc1nc2c(Cl)ncc(Br)c2nc1N. The Hall–Kier alpha value is -0.940. The van der Waals surface area contributed by atoms with Crippen molar-refractivity contribution in [2.45, 2.75) is 13.3 Å². The molecule has 0 radical (unpaired) electrons. The Kier molecular flexibility index (Phi) is 2.75. The van der Waals surface area contributed by atoms with Gasteiger partial charge in [0.1, 0.15) is 16.9 Å². The lowest BCUT2D eigenvalue weighted by molar-refractivity contribution is 1.03. The number of pyridine rings is 1. The summed E-state index contributed by atoms with van der Waals surface area (Å²) in [6, 6.07) is 0. The Labute approximate surface area is 100 Å². The predicted octanol–water partition coefficient (Wildman–Crippen LogP) is 2.59. The van der Waals surface area contributed by atoms with E-state index in [9.17, 15) is 0 Å². The highest BCUT2D eigenvalue weighted by atomic mass is 79.9. The zero-order valence-electron chi connectivity index (χ0n) is 7.96. The van der Waals surface area contributed by atoms with Crippen LogP contribution in [0.4, 0.5) is 5.82 Å². The van der Waals surface area contributed by atoms with E-state index in [4.69, 9.17) is 17.3 Å². The molecule has 0 saturated carbocycles. The van der Waals surface area contributed by atoms with Crippen LogP contribution in [0.2, 0.25) is 5.15 Å². The summed E-state index contributed by atoms with van der Waals surface area (Å²) in [5.41, 5.74) is 7.72. The molecule has 0 spiro atoms. The first kappa shape index (κ1) is 10.6. The summed E-state index contributed by atoms with van der Waals surface area (Å²) in [6.45, 7) is 1.96. The summed E-state index contributed by atoms with van der Waals surface area (Å²) < 4.78 is 0.740. The molecule has 0 atom stereocenters. The number of aryl methyl sites for hydroxylation is 1. The van der Waals surface area contributed by atoms with Gasteiger partial charge in [-0.3, -0.25) is 0 Å². The molecule has 4 nitrogen and oxygen atoms in total. The molecule has 2 N–H and O–H groups in total. The fourth-order valence-electron chi connectivity index (χ4n) is 1.29. The molecule has 2 aromatic heterocycles. The lowest BCUT2D eigenvalue weighted by Crippen LogP contribution is -2.02. The van der Waals surface area contributed by atoms with Crippen molar-refractivity contribution >= 4 is 44.4 Å². The van der Waals surface area contributed by atoms with Crippen LogP contribution in [0.15, 0.2) is 10.7 Å². The Bertz CT molecular complexity index is 529. The number of nitrogens with zero attached hydrogens (tertiary/aromatic N) is 3. The zero-order valence-corrected chi connectivity index (χ0v) is 10.3. The van der Waals surface area contributed by atoms with E-state index in [1.165, 1.54) is 0 Å². The first-order valence-corrected chi connectivity index (χ1v) is 5.56. The second-order valence-electron chi connectivity index (χ2n) is 3.00. The van der Waals surface area contributed by atoms with Gasteiger partial charge in [-0.25, -0.2) is 15.0 Å². The van der Waals surface area contributed by atoms with Gasteiger partial charge in [-0.2, -0.15) is 0 Å². The van der Waals surface area contributed by atoms with Gasteiger partial charge in [0.15, 0.2) is 5.15 Å². The number of fused-ring (bicyclic) bond motifs is 1. The van der Waals surface area contributed by atoms with E-state index in [0.717, 1.165) is 16.6 Å². The zero-order chi connectivity index (χ0) is 11.0. The van der Waals surface area contributed by atoms with Crippen molar-refractivity contribution in [3.05, 3.63) is 21.5 Å². The highest BCUT2D eigenvalue weighted by Crippen LogP contribution is 2.26. The summed E-state index contributed by atoms with van der Waals surface area (Å²) in [7, 11) is 0. The minimum Gasteiger partial charge on any atom is -0.382 e. The standard InChI is InChI=1S/C9H8BrClN4/c1-2-5-9(12)15-6-4(10)3-13-8(11)7(6)14-5/h3H,2H2,1H3,(H2,12,15). The summed E-state index contributed by atoms with van der Waals surface area (Å²) in [5.74, 6) is 0.438. The fourth-order valence-corrected chi connectivity index (χ4v) is 1.85. The molecule has 0 unspecified atom stereocenters. The number of halogens is 2. The van der Waals surface area contributed by atoms with Gasteiger partial charge in [0.25, 0.3) is 0 Å². The maximum atomic E-state index is 5.94. The van der Waals surface area contributed by atoms with Gasteiger partial charge in [-0.1, -0.05) is 18.5 Å². The molecule has 0 aliphatic rings. The second-order valence-corrected chi connectivity index (χ2v) is 4.22. The van der Waals surface area contributed by atoms with Crippen LogP contribution in [0.3, 0.4) is 0 Å². The van der Waals surface area contributed by atoms with E-state index in [-0.39, 0.29) is 0 Å². The number of hydrogen-bond acceptors (Lipinski definition) is 4. The van der Waals surface area contributed by atoms with E-state index in [1.807, 2.05) is 6.92 Å². The third-order valence-electron chi connectivity index (χ3n) is 2.05. The number of hydrogen-bond donors (Lipinski definition) is 1. The first-order chi connectivity index (χ1) is 7.13. The van der Waals surface area contributed by atoms with E-state index >= 15 is 0 Å². The minimum atomic E-state index is 0.343. The van der Waals surface area contributed by atoms with Crippen molar-refractivity contribution < 1.29 is 0 Å². The summed E-state index contributed by atoms with van der Waals surface area (Å²) in [5, 5.41) is 0.343. The number of nitrogen functional groups attached to an aromatic ring is 1. The monoisotopic (exact) mass is 286 g/mol. The van der Waals surface area contributed by atoms with Crippen LogP contribution < -0.4 is 5.73 Å². The molecule has 2 rings (SSSR count). The Balaban J connectivity index is 2.86. The molecule has 0 aromatic carbocycles. The number of nitrogens with two attached hydrogens (primary N) is 1. The van der Waals surface area contributed by atoms with E-state index in [0.29, 0.717) is 22.0 Å². The maximum absolute atomic E-state index is 5.94. The highest BCUT2D eigenvalue weighted by Gasteiger charge is 2.10. The van der Waals surface area contributed by atoms with Crippen molar-refractivity contribution in [2.75, 3.05) is 5.73 Å². The summed E-state index contributed by atoms with van der Waals surface area (Å²) in [4.78, 5) is 12.6. The van der Waals surface area contributed by atoms with Gasteiger partial charge >= 0.3 is 0 Å². The van der Waals surface area contributed by atoms with Crippen LogP contribution in [-0.4, -0.2) is 15.0 Å². The molecule has 15 heavy (non-hydrogen) atoms. The number of anilines is 1. The van der Waals surface area contributed by atoms with E-state index in [1.54, 1.807) is 6.20 Å². The van der Waals surface area contributed by atoms with E-state index in [2.05, 4.69) is 30.9 Å². The van der Waals surface area contributed by atoms with Gasteiger partial charge in [-0.15, -0.1) is 0 Å². The van der Waals surface area contributed by atoms with Gasteiger partial charge in [0.05, 0.1) is 10.2 Å². The van der Waals surface area contributed by atoms with Gasteiger partial charge in [0.2, 0.25) is 0 Å². The van der Waals surface area contributed by atoms with Crippen LogP contribution in [-0.2, 0) is 6.42 Å². The average molecular weight is 288 g/mol. The van der Waals surface area contributed by atoms with Crippen molar-refractivity contribution in [1.29, 1.82) is 0 Å². The van der Waals surface area contributed by atoms with Crippen LogP contribution in [0.1, 0.15) is 12.6 Å². The Morgan fingerprint density at radius 3 is 2.80 bits per heavy atom.